The quantitative estimate of drug-likeness (QED) is 0.172. The van der Waals surface area contributed by atoms with E-state index in [2.05, 4.69) is 67.6 Å². The van der Waals surface area contributed by atoms with Crippen LogP contribution in [0, 0.1) is 34.5 Å². The number of nitrogens with zero attached hydrogens (tertiary/aromatic N) is 5. The molecule has 0 spiro atoms. The molecule has 1 unspecified atom stereocenters. The zero-order valence-corrected chi connectivity index (χ0v) is 28.2. The molecule has 3 atom stereocenters. The molecule has 5 heteroatoms. The van der Waals surface area contributed by atoms with Crippen LogP contribution in [0.25, 0.3) is 56.4 Å². The lowest BCUT2D eigenvalue weighted by atomic mass is 9.64. The molecule has 1 heterocycles. The minimum absolute atomic E-state index is 0.313. The molecule has 6 aromatic rings. The monoisotopic (exact) mass is 647 g/mol. The SMILES string of the molecule is CCC1(c2ccc(-c3cccc(-c4nc(-c5ccc(C#N)cc5)nc(-c5ccc(-c6ccc(C#N)cc6)cc5)n4)c3)cc2)C[C@@H]2CC[C@@H](C2)C1. The lowest BCUT2D eigenvalue weighted by Gasteiger charge is -2.41. The Balaban J connectivity index is 1.14. The molecule has 50 heavy (non-hydrogen) atoms. The minimum Gasteiger partial charge on any atom is -0.208 e. The van der Waals surface area contributed by atoms with Gasteiger partial charge in [0.15, 0.2) is 17.5 Å². The van der Waals surface area contributed by atoms with Gasteiger partial charge in [0.1, 0.15) is 0 Å². The lowest BCUT2D eigenvalue weighted by Crippen LogP contribution is -2.33. The van der Waals surface area contributed by atoms with Crippen LogP contribution in [0.2, 0.25) is 0 Å². The Morgan fingerprint density at radius 3 is 1.48 bits per heavy atom. The van der Waals surface area contributed by atoms with Gasteiger partial charge in [-0.05, 0) is 113 Å². The molecule has 0 saturated heterocycles. The number of benzene rings is 5. The van der Waals surface area contributed by atoms with Gasteiger partial charge in [-0.2, -0.15) is 10.5 Å². The summed E-state index contributed by atoms with van der Waals surface area (Å²) in [5, 5.41) is 18.5. The summed E-state index contributed by atoms with van der Waals surface area (Å²) in [4.78, 5) is 14.9. The van der Waals surface area contributed by atoms with Crippen LogP contribution in [0.3, 0.4) is 0 Å². The third kappa shape index (κ3) is 6.08. The Morgan fingerprint density at radius 1 is 0.540 bits per heavy atom. The molecule has 5 nitrogen and oxygen atoms in total. The highest BCUT2D eigenvalue weighted by molar-refractivity contribution is 5.74. The maximum Gasteiger partial charge on any atom is 0.164 e. The average Bonchev–Trinajstić information content (AvgIpc) is 3.55. The summed E-state index contributed by atoms with van der Waals surface area (Å²) in [5.74, 6) is 3.50. The van der Waals surface area contributed by atoms with Gasteiger partial charge < -0.3 is 0 Å². The molecule has 0 aliphatic heterocycles. The van der Waals surface area contributed by atoms with Crippen LogP contribution >= 0.6 is 0 Å². The topological polar surface area (TPSA) is 86.2 Å². The summed E-state index contributed by atoms with van der Waals surface area (Å²) in [6, 6.07) is 45.2. The van der Waals surface area contributed by atoms with Crippen molar-refractivity contribution < 1.29 is 0 Å². The van der Waals surface area contributed by atoms with Gasteiger partial charge in [-0.3, -0.25) is 0 Å². The number of nitriles is 2. The second kappa shape index (κ2) is 13.2. The first-order chi connectivity index (χ1) is 24.5. The molecule has 0 N–H and O–H groups in total. The Labute approximate surface area is 294 Å². The highest BCUT2D eigenvalue weighted by Crippen LogP contribution is 2.53. The smallest absolute Gasteiger partial charge is 0.164 e. The van der Waals surface area contributed by atoms with Crippen molar-refractivity contribution in [3.8, 4) is 68.6 Å². The van der Waals surface area contributed by atoms with E-state index in [1.165, 1.54) is 49.7 Å². The maximum absolute atomic E-state index is 9.36. The number of fused-ring (bicyclic) bond motifs is 2. The first-order valence-corrected chi connectivity index (χ1v) is 17.6. The van der Waals surface area contributed by atoms with Crippen molar-refractivity contribution in [1.82, 2.24) is 15.0 Å². The molecule has 1 aromatic heterocycles. The van der Waals surface area contributed by atoms with Crippen LogP contribution in [-0.2, 0) is 5.41 Å². The van der Waals surface area contributed by atoms with Crippen molar-refractivity contribution in [2.24, 2.45) is 11.8 Å². The van der Waals surface area contributed by atoms with Crippen LogP contribution in [0.15, 0.2) is 121 Å². The summed E-state index contributed by atoms with van der Waals surface area (Å²) in [6.45, 7) is 2.38. The van der Waals surface area contributed by atoms with E-state index in [4.69, 9.17) is 15.0 Å². The third-order valence-electron chi connectivity index (χ3n) is 11.0. The van der Waals surface area contributed by atoms with Crippen molar-refractivity contribution >= 4 is 0 Å². The second-order valence-electron chi connectivity index (χ2n) is 14.0. The van der Waals surface area contributed by atoms with E-state index in [1.54, 1.807) is 12.1 Å². The van der Waals surface area contributed by atoms with Gasteiger partial charge in [0, 0.05) is 16.7 Å². The summed E-state index contributed by atoms with van der Waals surface area (Å²) >= 11 is 0. The normalized spacial score (nSPS) is 19.4. The summed E-state index contributed by atoms with van der Waals surface area (Å²) in [5.41, 5.74) is 10.0. The van der Waals surface area contributed by atoms with E-state index in [-0.39, 0.29) is 0 Å². The van der Waals surface area contributed by atoms with Crippen LogP contribution in [0.5, 0.6) is 0 Å². The number of rotatable bonds is 7. The highest BCUT2D eigenvalue weighted by atomic mass is 15.0. The average molecular weight is 648 g/mol. The zero-order valence-electron chi connectivity index (χ0n) is 28.2. The predicted octanol–water partition coefficient (Wildman–Crippen LogP) is 10.8. The molecule has 2 saturated carbocycles. The van der Waals surface area contributed by atoms with Crippen molar-refractivity contribution in [2.75, 3.05) is 0 Å². The van der Waals surface area contributed by atoms with Crippen molar-refractivity contribution in [3.05, 3.63) is 138 Å². The van der Waals surface area contributed by atoms with Crippen molar-refractivity contribution in [1.29, 1.82) is 10.5 Å². The van der Waals surface area contributed by atoms with E-state index < -0.39 is 0 Å². The molecule has 2 fully saturated rings. The van der Waals surface area contributed by atoms with Crippen molar-refractivity contribution in [2.45, 2.75) is 50.9 Å². The number of hydrogen-bond donors (Lipinski definition) is 0. The van der Waals surface area contributed by atoms with Crippen LogP contribution in [-0.4, -0.2) is 15.0 Å². The fraction of sp³-hybridized carbons (Fsp3) is 0.222. The van der Waals surface area contributed by atoms with Gasteiger partial charge in [0.2, 0.25) is 0 Å². The standard InChI is InChI=1S/C45H37N5/c1-2-45(26-32-6-7-33(24-32)27-45)41-22-20-36(21-23-41)39-4-3-5-40(25-39)44-49-42(37-14-10-31(29-47)11-15-37)48-43(50-44)38-18-16-35(17-19-38)34-12-8-30(28-46)9-13-34/h3-5,8-23,25,32-33H,2,6-7,24,26-27H2,1H3/t32-,33+,45?. The first-order valence-electron chi connectivity index (χ1n) is 17.6. The number of aromatic nitrogens is 3. The first kappa shape index (κ1) is 31.4. The maximum atomic E-state index is 9.36. The van der Waals surface area contributed by atoms with Gasteiger partial charge in [-0.15, -0.1) is 0 Å². The highest BCUT2D eigenvalue weighted by Gasteiger charge is 2.43. The minimum atomic E-state index is 0.313. The van der Waals surface area contributed by atoms with Crippen LogP contribution in [0.4, 0.5) is 0 Å². The molecule has 2 aliphatic carbocycles. The molecule has 0 radical (unpaired) electrons. The van der Waals surface area contributed by atoms with Gasteiger partial charge in [0.05, 0.1) is 23.3 Å². The second-order valence-corrected chi connectivity index (χ2v) is 14.0. The van der Waals surface area contributed by atoms with Gasteiger partial charge in [-0.25, -0.2) is 15.0 Å². The van der Waals surface area contributed by atoms with Gasteiger partial charge >= 0.3 is 0 Å². The molecule has 2 aliphatic rings. The summed E-state index contributed by atoms with van der Waals surface area (Å²) in [7, 11) is 0. The Hall–Kier alpha value is -5.91. The lowest BCUT2D eigenvalue weighted by molar-refractivity contribution is 0.207. The fourth-order valence-corrected chi connectivity index (χ4v) is 8.33. The van der Waals surface area contributed by atoms with Gasteiger partial charge in [-0.1, -0.05) is 98.6 Å². The molecule has 5 aromatic carbocycles. The Kier molecular flexibility index (Phi) is 8.27. The largest absolute Gasteiger partial charge is 0.208 e. The van der Waals surface area contributed by atoms with E-state index in [0.717, 1.165) is 45.2 Å². The van der Waals surface area contributed by atoms with Crippen molar-refractivity contribution in [3.63, 3.8) is 0 Å². The predicted molar refractivity (Wildman–Crippen MR) is 198 cm³/mol. The fourth-order valence-electron chi connectivity index (χ4n) is 8.33. The summed E-state index contributed by atoms with van der Waals surface area (Å²) < 4.78 is 0. The van der Waals surface area contributed by atoms with Crippen LogP contribution in [0.1, 0.15) is 62.1 Å². The molecule has 8 rings (SSSR count). The third-order valence-corrected chi connectivity index (χ3v) is 11.0. The molecule has 242 valence electrons. The number of hydrogen-bond acceptors (Lipinski definition) is 5. The van der Waals surface area contributed by atoms with E-state index >= 15 is 0 Å². The molecule has 0 amide bonds. The molecular weight excluding hydrogens is 611 g/mol. The van der Waals surface area contributed by atoms with Gasteiger partial charge in [0.25, 0.3) is 0 Å². The Bertz CT molecular complexity index is 2230. The molecular formula is C45H37N5. The van der Waals surface area contributed by atoms with Crippen LogP contribution < -0.4 is 0 Å². The Morgan fingerprint density at radius 2 is 0.960 bits per heavy atom. The van der Waals surface area contributed by atoms with E-state index in [9.17, 15) is 10.5 Å². The van der Waals surface area contributed by atoms with E-state index in [0.29, 0.717) is 34.0 Å². The summed E-state index contributed by atoms with van der Waals surface area (Å²) in [6.07, 6.45) is 8.12. The molecule has 2 bridgehead atoms. The zero-order chi connectivity index (χ0) is 34.1. The van der Waals surface area contributed by atoms with E-state index in [1.807, 2.05) is 60.7 Å².